The Balaban J connectivity index is 2.39. The summed E-state index contributed by atoms with van der Waals surface area (Å²) in [5.74, 6) is 0.262. The van der Waals surface area contributed by atoms with Gasteiger partial charge in [0.25, 0.3) is 0 Å². The maximum absolute atomic E-state index is 11.1. The van der Waals surface area contributed by atoms with Crippen LogP contribution in [0.5, 0.6) is 0 Å². The summed E-state index contributed by atoms with van der Waals surface area (Å²) in [5, 5.41) is 20.5. The Bertz CT molecular complexity index is 464. The van der Waals surface area contributed by atoms with Crippen LogP contribution in [0.3, 0.4) is 0 Å². The molecule has 0 saturated heterocycles. The molecule has 104 valence electrons. The van der Waals surface area contributed by atoms with E-state index in [4.69, 9.17) is 11.6 Å². The van der Waals surface area contributed by atoms with E-state index in [1.54, 1.807) is 0 Å². The molecule has 0 aromatic carbocycles. The van der Waals surface area contributed by atoms with Crippen LogP contribution in [0.4, 0.5) is 11.5 Å². The summed E-state index contributed by atoms with van der Waals surface area (Å²) in [7, 11) is 0. The van der Waals surface area contributed by atoms with E-state index in [-0.39, 0.29) is 29.3 Å². The molecule has 1 aliphatic rings. The van der Waals surface area contributed by atoms with Gasteiger partial charge in [-0.1, -0.05) is 24.4 Å². The van der Waals surface area contributed by atoms with Crippen LogP contribution in [0.15, 0.2) is 12.1 Å². The van der Waals surface area contributed by atoms with Gasteiger partial charge in [-0.25, -0.2) is 4.98 Å². The summed E-state index contributed by atoms with van der Waals surface area (Å²) in [6, 6.07) is 2.97. The SMILES string of the molecule is O=[N+]([O-])c1ccc(Cl)nc1N(CCO)C1CCCC1. The third-order valence-corrected chi connectivity index (χ3v) is 3.61. The molecule has 1 saturated carbocycles. The first-order valence-electron chi connectivity index (χ1n) is 6.32. The van der Waals surface area contributed by atoms with Gasteiger partial charge in [-0.15, -0.1) is 0 Å². The molecule has 0 unspecified atom stereocenters. The third-order valence-electron chi connectivity index (χ3n) is 3.40. The van der Waals surface area contributed by atoms with E-state index in [9.17, 15) is 15.2 Å². The second-order valence-electron chi connectivity index (χ2n) is 4.59. The van der Waals surface area contributed by atoms with E-state index in [0.29, 0.717) is 6.54 Å². The van der Waals surface area contributed by atoms with Gasteiger partial charge in [0, 0.05) is 18.7 Å². The average Bonchev–Trinajstić information content (AvgIpc) is 2.89. The number of pyridine rings is 1. The minimum atomic E-state index is -0.460. The normalized spacial score (nSPS) is 15.7. The number of hydrogen-bond acceptors (Lipinski definition) is 5. The Morgan fingerprint density at radius 3 is 2.74 bits per heavy atom. The molecule has 0 spiro atoms. The van der Waals surface area contributed by atoms with E-state index >= 15 is 0 Å². The molecule has 0 radical (unpaired) electrons. The Hall–Kier alpha value is -1.40. The van der Waals surface area contributed by atoms with Crippen molar-refractivity contribution < 1.29 is 10.0 Å². The van der Waals surface area contributed by atoms with Gasteiger partial charge < -0.3 is 10.0 Å². The van der Waals surface area contributed by atoms with Crippen LogP contribution in [0, 0.1) is 10.1 Å². The zero-order valence-electron chi connectivity index (χ0n) is 10.5. The number of nitro groups is 1. The molecule has 19 heavy (non-hydrogen) atoms. The van der Waals surface area contributed by atoms with E-state index in [1.165, 1.54) is 12.1 Å². The van der Waals surface area contributed by atoms with E-state index in [1.807, 2.05) is 4.90 Å². The Morgan fingerprint density at radius 1 is 1.47 bits per heavy atom. The third kappa shape index (κ3) is 3.13. The minimum absolute atomic E-state index is 0.0650. The van der Waals surface area contributed by atoms with Gasteiger partial charge in [0.05, 0.1) is 11.5 Å². The largest absolute Gasteiger partial charge is 0.395 e. The van der Waals surface area contributed by atoms with Crippen molar-refractivity contribution in [1.82, 2.24) is 4.98 Å². The molecule has 1 fully saturated rings. The molecule has 0 amide bonds. The summed E-state index contributed by atoms with van der Waals surface area (Å²) < 4.78 is 0. The van der Waals surface area contributed by atoms with Crippen LogP contribution in [-0.2, 0) is 0 Å². The fraction of sp³-hybridized carbons (Fsp3) is 0.583. The zero-order valence-corrected chi connectivity index (χ0v) is 11.2. The smallest absolute Gasteiger partial charge is 0.311 e. The van der Waals surface area contributed by atoms with Gasteiger partial charge >= 0.3 is 5.69 Å². The summed E-state index contributed by atoms with van der Waals surface area (Å²) in [6.45, 7) is 0.265. The number of rotatable bonds is 5. The van der Waals surface area contributed by atoms with E-state index < -0.39 is 4.92 Å². The van der Waals surface area contributed by atoms with E-state index in [0.717, 1.165) is 25.7 Å². The predicted octanol–water partition coefficient (Wildman–Crippen LogP) is 2.38. The first kappa shape index (κ1) is 14.0. The van der Waals surface area contributed by atoms with Gasteiger partial charge in [0.15, 0.2) is 0 Å². The molecule has 2 rings (SSSR count). The van der Waals surface area contributed by atoms with Crippen LogP contribution in [0.2, 0.25) is 5.15 Å². The molecule has 7 heteroatoms. The van der Waals surface area contributed by atoms with Crippen molar-refractivity contribution in [3.05, 3.63) is 27.4 Å². The van der Waals surface area contributed by atoms with Crippen molar-refractivity contribution in [2.24, 2.45) is 0 Å². The molecule has 1 aromatic rings. The number of halogens is 1. The highest BCUT2D eigenvalue weighted by Crippen LogP contribution is 2.33. The first-order valence-corrected chi connectivity index (χ1v) is 6.69. The number of nitrogens with zero attached hydrogens (tertiary/aromatic N) is 3. The van der Waals surface area contributed by atoms with Crippen molar-refractivity contribution in [3.8, 4) is 0 Å². The molecular weight excluding hydrogens is 270 g/mol. The number of aliphatic hydroxyl groups is 1. The molecule has 0 aliphatic heterocycles. The monoisotopic (exact) mass is 285 g/mol. The number of aromatic nitrogens is 1. The standard InChI is InChI=1S/C12H16ClN3O3/c13-11-6-5-10(16(18)19)12(14-11)15(7-8-17)9-3-1-2-4-9/h5-6,9,17H,1-4,7-8H2. The van der Waals surface area contributed by atoms with Crippen molar-refractivity contribution in [2.75, 3.05) is 18.1 Å². The number of anilines is 1. The Labute approximate surface area is 116 Å². The molecule has 1 aromatic heterocycles. The molecule has 1 aliphatic carbocycles. The molecule has 1 heterocycles. The Kier molecular flexibility index (Phi) is 4.55. The highest BCUT2D eigenvalue weighted by Gasteiger charge is 2.29. The lowest BCUT2D eigenvalue weighted by Gasteiger charge is -2.29. The molecule has 6 nitrogen and oxygen atoms in total. The first-order chi connectivity index (χ1) is 9.13. The zero-order chi connectivity index (χ0) is 13.8. The van der Waals surface area contributed by atoms with Crippen molar-refractivity contribution in [3.63, 3.8) is 0 Å². The van der Waals surface area contributed by atoms with Crippen molar-refractivity contribution in [1.29, 1.82) is 0 Å². The maximum atomic E-state index is 11.1. The maximum Gasteiger partial charge on any atom is 0.311 e. The van der Waals surface area contributed by atoms with Gasteiger partial charge in [-0.05, 0) is 18.9 Å². The lowest BCUT2D eigenvalue weighted by atomic mass is 10.2. The molecule has 1 N–H and O–H groups in total. The van der Waals surface area contributed by atoms with Gasteiger partial charge in [-0.3, -0.25) is 10.1 Å². The van der Waals surface area contributed by atoms with Crippen LogP contribution >= 0.6 is 11.6 Å². The van der Waals surface area contributed by atoms with Crippen molar-refractivity contribution >= 4 is 23.1 Å². The lowest BCUT2D eigenvalue weighted by Crippen LogP contribution is -2.36. The summed E-state index contributed by atoms with van der Waals surface area (Å²) in [5.41, 5.74) is -0.0650. The van der Waals surface area contributed by atoms with Gasteiger partial charge in [0.1, 0.15) is 5.15 Å². The number of hydrogen-bond donors (Lipinski definition) is 1. The highest BCUT2D eigenvalue weighted by molar-refractivity contribution is 6.29. The topological polar surface area (TPSA) is 79.5 Å². The predicted molar refractivity (Wildman–Crippen MR) is 72.6 cm³/mol. The quantitative estimate of drug-likeness (QED) is 0.510. The van der Waals surface area contributed by atoms with Crippen LogP contribution < -0.4 is 4.90 Å². The second kappa shape index (κ2) is 6.16. The Morgan fingerprint density at radius 2 is 2.16 bits per heavy atom. The van der Waals surface area contributed by atoms with Gasteiger partial charge in [0.2, 0.25) is 5.82 Å². The fourth-order valence-corrected chi connectivity index (χ4v) is 2.70. The fourth-order valence-electron chi connectivity index (χ4n) is 2.56. The van der Waals surface area contributed by atoms with E-state index in [2.05, 4.69) is 4.98 Å². The summed E-state index contributed by atoms with van der Waals surface area (Å²) in [4.78, 5) is 16.5. The van der Waals surface area contributed by atoms with Crippen LogP contribution in [0.25, 0.3) is 0 Å². The lowest BCUT2D eigenvalue weighted by molar-refractivity contribution is -0.384. The molecule has 0 bridgehead atoms. The molecule has 0 atom stereocenters. The van der Waals surface area contributed by atoms with Gasteiger partial charge in [-0.2, -0.15) is 0 Å². The van der Waals surface area contributed by atoms with Crippen molar-refractivity contribution in [2.45, 2.75) is 31.7 Å². The average molecular weight is 286 g/mol. The summed E-state index contributed by atoms with van der Waals surface area (Å²) in [6.07, 6.45) is 4.12. The molecular formula is C12H16ClN3O3. The van der Waals surface area contributed by atoms with Crippen LogP contribution in [0.1, 0.15) is 25.7 Å². The van der Waals surface area contributed by atoms with Crippen LogP contribution in [-0.4, -0.2) is 34.2 Å². The highest BCUT2D eigenvalue weighted by atomic mass is 35.5. The second-order valence-corrected chi connectivity index (χ2v) is 4.98. The summed E-state index contributed by atoms with van der Waals surface area (Å²) >= 11 is 5.85. The minimum Gasteiger partial charge on any atom is -0.395 e. The number of aliphatic hydroxyl groups excluding tert-OH is 1.